The molecule has 0 bridgehead atoms. The number of methoxy groups -OCH3 is 1. The maximum Gasteiger partial charge on any atom is 0.408 e. The lowest BCUT2D eigenvalue weighted by atomic mass is 9.98. The van der Waals surface area contributed by atoms with Gasteiger partial charge in [0.2, 0.25) is 5.91 Å². The van der Waals surface area contributed by atoms with E-state index in [2.05, 4.69) is 11.4 Å². The Balaban J connectivity index is 1.46. The summed E-state index contributed by atoms with van der Waals surface area (Å²) in [5.41, 5.74) is 4.15. The number of carbonyl (C=O) groups excluding carboxylic acids is 2. The maximum atomic E-state index is 13.5. The quantitative estimate of drug-likeness (QED) is 0.595. The van der Waals surface area contributed by atoms with E-state index in [0.29, 0.717) is 19.5 Å². The van der Waals surface area contributed by atoms with E-state index in [1.165, 1.54) is 5.56 Å². The monoisotopic (exact) mass is 444 g/mol. The number of ether oxygens (including phenoxy) is 2. The van der Waals surface area contributed by atoms with Crippen molar-refractivity contribution >= 4 is 12.0 Å². The van der Waals surface area contributed by atoms with Gasteiger partial charge in [-0.25, -0.2) is 4.79 Å². The molecule has 1 aliphatic rings. The van der Waals surface area contributed by atoms with Gasteiger partial charge in [-0.05, 0) is 40.8 Å². The van der Waals surface area contributed by atoms with Crippen molar-refractivity contribution in [3.05, 3.63) is 101 Å². The van der Waals surface area contributed by atoms with Crippen molar-refractivity contribution in [1.29, 1.82) is 0 Å². The van der Waals surface area contributed by atoms with Crippen LogP contribution in [-0.2, 0) is 35.5 Å². The van der Waals surface area contributed by atoms with Gasteiger partial charge in [0.15, 0.2) is 0 Å². The molecule has 6 nitrogen and oxygen atoms in total. The van der Waals surface area contributed by atoms with E-state index in [-0.39, 0.29) is 12.5 Å². The minimum absolute atomic E-state index is 0.121. The van der Waals surface area contributed by atoms with Gasteiger partial charge in [0.25, 0.3) is 0 Å². The average Bonchev–Trinajstić information content (AvgIpc) is 2.87. The van der Waals surface area contributed by atoms with Crippen molar-refractivity contribution < 1.29 is 19.1 Å². The lowest BCUT2D eigenvalue weighted by Gasteiger charge is -2.32. The number of benzene rings is 3. The van der Waals surface area contributed by atoms with Crippen LogP contribution in [0.1, 0.15) is 22.3 Å². The number of hydrogen-bond acceptors (Lipinski definition) is 4. The summed E-state index contributed by atoms with van der Waals surface area (Å²) in [7, 11) is 1.63. The summed E-state index contributed by atoms with van der Waals surface area (Å²) in [5.74, 6) is 0.649. The summed E-state index contributed by atoms with van der Waals surface area (Å²) in [4.78, 5) is 27.9. The molecule has 6 heteroatoms. The predicted octanol–water partition coefficient (Wildman–Crippen LogP) is 4.12. The van der Waals surface area contributed by atoms with E-state index in [9.17, 15) is 9.59 Å². The van der Waals surface area contributed by atoms with Gasteiger partial charge in [0, 0.05) is 19.5 Å². The Morgan fingerprint density at radius 2 is 1.64 bits per heavy atom. The molecule has 1 heterocycles. The fourth-order valence-corrected chi connectivity index (χ4v) is 4.03. The van der Waals surface area contributed by atoms with Crippen LogP contribution in [0.5, 0.6) is 5.75 Å². The predicted molar refractivity (Wildman–Crippen MR) is 126 cm³/mol. The second kappa shape index (κ2) is 10.7. The minimum atomic E-state index is -0.720. The SMILES string of the molecule is COc1ccc2c(c1)CN(C(=O)[C@H](Cc1ccccc1)NC(=O)OCc1ccccc1)CC2. The Hall–Kier alpha value is -3.80. The van der Waals surface area contributed by atoms with Gasteiger partial charge < -0.3 is 19.7 Å². The highest BCUT2D eigenvalue weighted by Gasteiger charge is 2.29. The molecule has 0 saturated heterocycles. The molecule has 33 heavy (non-hydrogen) atoms. The first kappa shape index (κ1) is 22.4. The van der Waals surface area contributed by atoms with Crippen molar-refractivity contribution in [2.45, 2.75) is 32.0 Å². The number of rotatable bonds is 7. The molecule has 0 fully saturated rings. The summed E-state index contributed by atoms with van der Waals surface area (Å²) in [6, 6.07) is 24.4. The van der Waals surface area contributed by atoms with Gasteiger partial charge in [0.1, 0.15) is 18.4 Å². The van der Waals surface area contributed by atoms with E-state index in [1.54, 1.807) is 12.0 Å². The van der Waals surface area contributed by atoms with Gasteiger partial charge in [-0.15, -0.1) is 0 Å². The molecule has 170 valence electrons. The van der Waals surface area contributed by atoms with Crippen LogP contribution in [-0.4, -0.2) is 36.6 Å². The van der Waals surface area contributed by atoms with Gasteiger partial charge in [0.05, 0.1) is 7.11 Å². The smallest absolute Gasteiger partial charge is 0.408 e. The van der Waals surface area contributed by atoms with Crippen LogP contribution in [0.2, 0.25) is 0 Å². The van der Waals surface area contributed by atoms with Gasteiger partial charge in [-0.1, -0.05) is 66.7 Å². The van der Waals surface area contributed by atoms with Crippen molar-refractivity contribution in [3.8, 4) is 5.75 Å². The molecule has 3 aromatic rings. The number of amides is 2. The van der Waals surface area contributed by atoms with E-state index in [1.807, 2.05) is 72.8 Å². The summed E-state index contributed by atoms with van der Waals surface area (Å²) in [6.07, 6.45) is 0.551. The van der Waals surface area contributed by atoms with Crippen LogP contribution in [0.25, 0.3) is 0 Å². The van der Waals surface area contributed by atoms with Crippen LogP contribution in [0.4, 0.5) is 4.79 Å². The minimum Gasteiger partial charge on any atom is -0.497 e. The fourth-order valence-electron chi connectivity index (χ4n) is 4.03. The molecule has 3 aromatic carbocycles. The molecular weight excluding hydrogens is 416 g/mol. The van der Waals surface area contributed by atoms with Crippen LogP contribution >= 0.6 is 0 Å². The zero-order chi connectivity index (χ0) is 23.0. The van der Waals surface area contributed by atoms with E-state index < -0.39 is 12.1 Å². The summed E-state index contributed by atoms with van der Waals surface area (Å²) in [5, 5.41) is 2.80. The van der Waals surface area contributed by atoms with E-state index in [0.717, 1.165) is 28.9 Å². The summed E-state index contributed by atoms with van der Waals surface area (Å²) < 4.78 is 10.7. The topological polar surface area (TPSA) is 67.9 Å². The number of carbonyl (C=O) groups is 2. The molecular formula is C27H28N2O4. The highest BCUT2D eigenvalue weighted by molar-refractivity contribution is 5.86. The molecule has 0 unspecified atom stereocenters. The molecule has 0 aromatic heterocycles. The molecule has 4 rings (SSSR count). The zero-order valence-electron chi connectivity index (χ0n) is 18.7. The summed E-state index contributed by atoms with van der Waals surface area (Å²) in [6.45, 7) is 1.23. The Morgan fingerprint density at radius 1 is 0.939 bits per heavy atom. The van der Waals surface area contributed by atoms with Crippen LogP contribution in [0.15, 0.2) is 78.9 Å². The second-order valence-corrected chi connectivity index (χ2v) is 8.09. The third kappa shape index (κ3) is 5.92. The van der Waals surface area contributed by atoms with Crippen molar-refractivity contribution in [2.24, 2.45) is 0 Å². The highest BCUT2D eigenvalue weighted by atomic mass is 16.5. The van der Waals surface area contributed by atoms with E-state index >= 15 is 0 Å². The summed E-state index contributed by atoms with van der Waals surface area (Å²) >= 11 is 0. The normalized spacial score (nSPS) is 13.5. The number of alkyl carbamates (subject to hydrolysis) is 1. The molecule has 1 N–H and O–H groups in total. The Kier molecular flexibility index (Phi) is 7.25. The van der Waals surface area contributed by atoms with Crippen molar-refractivity contribution in [3.63, 3.8) is 0 Å². The first-order valence-electron chi connectivity index (χ1n) is 11.1. The van der Waals surface area contributed by atoms with Crippen molar-refractivity contribution in [2.75, 3.05) is 13.7 Å². The highest BCUT2D eigenvalue weighted by Crippen LogP contribution is 2.24. The number of fused-ring (bicyclic) bond motifs is 1. The third-order valence-electron chi connectivity index (χ3n) is 5.82. The Labute approximate surface area is 194 Å². The second-order valence-electron chi connectivity index (χ2n) is 8.09. The van der Waals surface area contributed by atoms with Gasteiger partial charge in [-0.3, -0.25) is 4.79 Å². The Bertz CT molecular complexity index is 1090. The van der Waals surface area contributed by atoms with Gasteiger partial charge in [-0.2, -0.15) is 0 Å². The molecule has 1 atom stereocenters. The molecule has 2 amide bonds. The number of nitrogens with one attached hydrogen (secondary N) is 1. The maximum absolute atomic E-state index is 13.5. The fraction of sp³-hybridized carbons (Fsp3) is 0.259. The standard InChI is InChI=1S/C27H28N2O4/c1-32-24-13-12-22-14-15-29(18-23(22)17-24)26(30)25(16-20-8-4-2-5-9-20)28-27(31)33-19-21-10-6-3-7-11-21/h2-13,17,25H,14-16,18-19H2,1H3,(H,28,31)/t25-/m0/s1. The average molecular weight is 445 g/mol. The molecule has 1 aliphatic heterocycles. The lowest BCUT2D eigenvalue weighted by Crippen LogP contribution is -2.51. The third-order valence-corrected chi connectivity index (χ3v) is 5.82. The Morgan fingerprint density at radius 3 is 2.33 bits per heavy atom. The van der Waals surface area contributed by atoms with E-state index in [4.69, 9.17) is 9.47 Å². The first-order chi connectivity index (χ1) is 16.1. The molecule has 0 spiro atoms. The first-order valence-corrected chi connectivity index (χ1v) is 11.1. The van der Waals surface area contributed by atoms with Crippen molar-refractivity contribution in [1.82, 2.24) is 10.2 Å². The van der Waals surface area contributed by atoms with Gasteiger partial charge >= 0.3 is 6.09 Å². The van der Waals surface area contributed by atoms with Crippen LogP contribution < -0.4 is 10.1 Å². The van der Waals surface area contributed by atoms with Crippen LogP contribution in [0, 0.1) is 0 Å². The lowest BCUT2D eigenvalue weighted by molar-refractivity contribution is -0.134. The molecule has 0 saturated carbocycles. The van der Waals surface area contributed by atoms with Crippen LogP contribution in [0.3, 0.4) is 0 Å². The molecule has 0 radical (unpaired) electrons. The number of hydrogen-bond donors (Lipinski definition) is 1. The largest absolute Gasteiger partial charge is 0.497 e. The zero-order valence-corrected chi connectivity index (χ0v) is 18.7. The number of nitrogens with zero attached hydrogens (tertiary/aromatic N) is 1. The molecule has 0 aliphatic carbocycles.